The van der Waals surface area contributed by atoms with Crippen molar-refractivity contribution in [1.29, 1.82) is 0 Å². The molecular formula is C12H17NOS. The molecule has 82 valence electrons. The fourth-order valence-electron chi connectivity index (χ4n) is 1.43. The molecule has 0 heterocycles. The zero-order chi connectivity index (χ0) is 11.3. The first kappa shape index (κ1) is 12.1. The van der Waals surface area contributed by atoms with Crippen LogP contribution >= 0.6 is 11.8 Å². The topological polar surface area (TPSA) is 29.1 Å². The minimum absolute atomic E-state index is 0.0228. The molecule has 0 radical (unpaired) electrons. The molecule has 2 nitrogen and oxygen atoms in total. The van der Waals surface area contributed by atoms with E-state index >= 15 is 0 Å². The summed E-state index contributed by atoms with van der Waals surface area (Å²) in [6.45, 7) is 3.62. The first-order valence-electron chi connectivity index (χ1n) is 4.96. The predicted octanol–water partition coefficient (Wildman–Crippen LogP) is 2.54. The average molecular weight is 223 g/mol. The van der Waals surface area contributed by atoms with E-state index in [0.717, 1.165) is 5.75 Å². The van der Waals surface area contributed by atoms with Gasteiger partial charge < -0.3 is 5.32 Å². The first-order valence-corrected chi connectivity index (χ1v) is 6.35. The van der Waals surface area contributed by atoms with Crippen LogP contribution in [0.15, 0.2) is 24.3 Å². The molecule has 1 rings (SSSR count). The van der Waals surface area contributed by atoms with Crippen molar-refractivity contribution in [3.05, 3.63) is 35.4 Å². The maximum Gasteiger partial charge on any atom is 0.217 e. The van der Waals surface area contributed by atoms with Gasteiger partial charge in [-0.15, -0.1) is 0 Å². The number of carbonyl (C=O) groups excluding carboxylic acids is 1. The van der Waals surface area contributed by atoms with Crippen molar-refractivity contribution in [1.82, 2.24) is 5.32 Å². The molecule has 0 fully saturated rings. The number of benzene rings is 1. The lowest BCUT2D eigenvalue weighted by Gasteiger charge is -2.17. The fraction of sp³-hybridized carbons (Fsp3) is 0.417. The third-order valence-electron chi connectivity index (χ3n) is 2.19. The third-order valence-corrected chi connectivity index (χ3v) is 2.86. The van der Waals surface area contributed by atoms with Crippen LogP contribution in [0.1, 0.15) is 24.1 Å². The van der Waals surface area contributed by atoms with Gasteiger partial charge in [-0.25, -0.2) is 0 Å². The van der Waals surface area contributed by atoms with Crippen molar-refractivity contribution in [2.24, 2.45) is 0 Å². The van der Waals surface area contributed by atoms with Gasteiger partial charge in [-0.1, -0.05) is 29.8 Å². The number of rotatable bonds is 4. The lowest BCUT2D eigenvalue weighted by atomic mass is 10.1. The van der Waals surface area contributed by atoms with Gasteiger partial charge in [-0.3, -0.25) is 4.79 Å². The molecule has 0 aliphatic rings. The van der Waals surface area contributed by atoms with Gasteiger partial charge >= 0.3 is 0 Å². The van der Waals surface area contributed by atoms with E-state index in [1.165, 1.54) is 11.1 Å². The maximum atomic E-state index is 11.0. The number of hydrogen-bond acceptors (Lipinski definition) is 2. The van der Waals surface area contributed by atoms with Crippen LogP contribution in [0.5, 0.6) is 0 Å². The second-order valence-corrected chi connectivity index (χ2v) is 4.53. The van der Waals surface area contributed by atoms with Crippen molar-refractivity contribution in [2.45, 2.75) is 19.9 Å². The SMILES string of the molecule is CSC[C@@H](NC(C)=O)c1ccc(C)cc1. The summed E-state index contributed by atoms with van der Waals surface area (Å²) in [4.78, 5) is 11.0. The molecule has 0 spiro atoms. The van der Waals surface area contributed by atoms with Gasteiger partial charge in [0, 0.05) is 12.7 Å². The molecule has 3 heteroatoms. The second kappa shape index (κ2) is 5.81. The largest absolute Gasteiger partial charge is 0.349 e. The van der Waals surface area contributed by atoms with Crippen LogP contribution in [0.2, 0.25) is 0 Å². The van der Waals surface area contributed by atoms with E-state index in [9.17, 15) is 4.79 Å². The van der Waals surface area contributed by atoms with Gasteiger partial charge in [0.25, 0.3) is 0 Å². The summed E-state index contributed by atoms with van der Waals surface area (Å²) >= 11 is 1.74. The van der Waals surface area contributed by atoms with E-state index < -0.39 is 0 Å². The van der Waals surface area contributed by atoms with Gasteiger partial charge in [0.05, 0.1) is 6.04 Å². The molecule has 15 heavy (non-hydrogen) atoms. The van der Waals surface area contributed by atoms with E-state index in [-0.39, 0.29) is 11.9 Å². The van der Waals surface area contributed by atoms with E-state index in [4.69, 9.17) is 0 Å². The van der Waals surface area contributed by atoms with E-state index in [0.29, 0.717) is 0 Å². The molecule has 0 bridgehead atoms. The van der Waals surface area contributed by atoms with Crippen LogP contribution < -0.4 is 5.32 Å². The fourth-order valence-corrected chi connectivity index (χ4v) is 2.04. The molecule has 1 atom stereocenters. The Bertz CT molecular complexity index is 321. The van der Waals surface area contributed by atoms with Gasteiger partial charge in [-0.2, -0.15) is 11.8 Å². The summed E-state index contributed by atoms with van der Waals surface area (Å²) in [5.41, 5.74) is 2.41. The lowest BCUT2D eigenvalue weighted by molar-refractivity contribution is -0.119. The van der Waals surface area contributed by atoms with Gasteiger partial charge in [-0.05, 0) is 18.7 Å². The Kier molecular flexibility index (Phi) is 4.69. The van der Waals surface area contributed by atoms with E-state index in [1.807, 2.05) is 6.26 Å². The normalized spacial score (nSPS) is 12.2. The molecule has 0 saturated carbocycles. The van der Waals surface area contributed by atoms with Crippen molar-refractivity contribution in [3.63, 3.8) is 0 Å². The number of aryl methyl sites for hydroxylation is 1. The van der Waals surface area contributed by atoms with Crippen LogP contribution in [0.25, 0.3) is 0 Å². The van der Waals surface area contributed by atoms with Crippen LogP contribution in [0, 0.1) is 6.92 Å². The van der Waals surface area contributed by atoms with Crippen molar-refractivity contribution < 1.29 is 4.79 Å². The second-order valence-electron chi connectivity index (χ2n) is 3.62. The van der Waals surface area contributed by atoms with E-state index in [1.54, 1.807) is 18.7 Å². The van der Waals surface area contributed by atoms with Crippen molar-refractivity contribution >= 4 is 17.7 Å². The van der Waals surface area contributed by atoms with Crippen LogP contribution in [0.4, 0.5) is 0 Å². The van der Waals surface area contributed by atoms with E-state index in [2.05, 4.69) is 36.5 Å². The molecule has 0 aliphatic heterocycles. The number of nitrogens with one attached hydrogen (secondary N) is 1. The summed E-state index contributed by atoms with van der Waals surface area (Å²) in [7, 11) is 0. The van der Waals surface area contributed by atoms with Crippen molar-refractivity contribution in [2.75, 3.05) is 12.0 Å². The molecule has 0 aliphatic carbocycles. The summed E-state index contributed by atoms with van der Waals surface area (Å²) in [5, 5.41) is 2.96. The average Bonchev–Trinajstić information content (AvgIpc) is 2.17. The molecule has 1 aromatic rings. The number of hydrogen-bond donors (Lipinski definition) is 1. The summed E-state index contributed by atoms with van der Waals surface area (Å²) in [6, 6.07) is 8.42. The molecular weight excluding hydrogens is 206 g/mol. The number of thioether (sulfide) groups is 1. The Hall–Kier alpha value is -0.960. The lowest BCUT2D eigenvalue weighted by Crippen LogP contribution is -2.27. The maximum absolute atomic E-state index is 11.0. The van der Waals surface area contributed by atoms with Crippen LogP contribution in [-0.4, -0.2) is 17.9 Å². The highest BCUT2D eigenvalue weighted by Gasteiger charge is 2.11. The summed E-state index contributed by atoms with van der Waals surface area (Å²) in [6.07, 6.45) is 2.04. The highest BCUT2D eigenvalue weighted by atomic mass is 32.2. The smallest absolute Gasteiger partial charge is 0.217 e. The Labute approximate surface area is 95.5 Å². The highest BCUT2D eigenvalue weighted by molar-refractivity contribution is 7.98. The number of amides is 1. The van der Waals surface area contributed by atoms with Gasteiger partial charge in [0.2, 0.25) is 5.91 Å². The molecule has 0 aromatic heterocycles. The molecule has 1 aromatic carbocycles. The predicted molar refractivity (Wildman–Crippen MR) is 66.1 cm³/mol. The first-order chi connectivity index (χ1) is 7.13. The summed E-state index contributed by atoms with van der Waals surface area (Å²) in [5.74, 6) is 0.928. The monoisotopic (exact) mass is 223 g/mol. The quantitative estimate of drug-likeness (QED) is 0.850. The van der Waals surface area contributed by atoms with Gasteiger partial charge in [0.1, 0.15) is 0 Å². The Morgan fingerprint density at radius 2 is 2.00 bits per heavy atom. The number of carbonyl (C=O) groups is 1. The highest BCUT2D eigenvalue weighted by Crippen LogP contribution is 2.17. The minimum atomic E-state index is 0.0228. The Morgan fingerprint density at radius 3 is 2.47 bits per heavy atom. The van der Waals surface area contributed by atoms with Crippen molar-refractivity contribution in [3.8, 4) is 0 Å². The third kappa shape index (κ3) is 3.96. The zero-order valence-corrected chi connectivity index (χ0v) is 10.2. The Morgan fingerprint density at radius 1 is 1.40 bits per heavy atom. The van der Waals surface area contributed by atoms with Crippen LogP contribution in [-0.2, 0) is 4.79 Å². The molecule has 0 saturated heterocycles. The van der Waals surface area contributed by atoms with Gasteiger partial charge in [0.15, 0.2) is 0 Å². The zero-order valence-electron chi connectivity index (χ0n) is 9.41. The molecule has 1 N–H and O–H groups in total. The van der Waals surface area contributed by atoms with Crippen LogP contribution in [0.3, 0.4) is 0 Å². The standard InChI is InChI=1S/C12H17NOS/c1-9-4-6-11(7-5-9)12(8-15-3)13-10(2)14/h4-7,12H,8H2,1-3H3,(H,13,14)/t12-/m1/s1. The molecule has 1 amide bonds. The Balaban J connectivity index is 2.78. The molecule has 0 unspecified atom stereocenters. The minimum Gasteiger partial charge on any atom is -0.349 e. The summed E-state index contributed by atoms with van der Waals surface area (Å²) < 4.78 is 0.